The number of halogens is 1. The summed E-state index contributed by atoms with van der Waals surface area (Å²) in [5.74, 6) is -0.129. The van der Waals surface area contributed by atoms with Gasteiger partial charge in [0.15, 0.2) is 9.84 Å². The van der Waals surface area contributed by atoms with Crippen molar-refractivity contribution in [2.24, 2.45) is 0 Å². The second-order valence-electron chi connectivity index (χ2n) is 5.22. The van der Waals surface area contributed by atoms with Gasteiger partial charge in [-0.3, -0.25) is 4.79 Å². The van der Waals surface area contributed by atoms with Crippen molar-refractivity contribution in [2.75, 3.05) is 11.5 Å². The highest BCUT2D eigenvalue weighted by Gasteiger charge is 2.28. The number of thiophene rings is 1. The zero-order chi connectivity index (χ0) is 15.7. The normalized spacial score (nSPS) is 20.7. The Balaban J connectivity index is 1.70. The summed E-state index contributed by atoms with van der Waals surface area (Å²) in [6.45, 7) is 0. The minimum absolute atomic E-state index is 0.0240. The summed E-state index contributed by atoms with van der Waals surface area (Å²) in [5.41, 5.74) is 0. The molecule has 1 atom stereocenters. The highest BCUT2D eigenvalue weighted by molar-refractivity contribution is 7.91. The van der Waals surface area contributed by atoms with Crippen LogP contribution in [0.3, 0.4) is 0 Å². The molecule has 1 aliphatic heterocycles. The fraction of sp³-hybridized carbons (Fsp3) is 0.267. The van der Waals surface area contributed by atoms with Crippen LogP contribution in [-0.4, -0.2) is 31.9 Å². The molecule has 0 radical (unpaired) electrons. The van der Waals surface area contributed by atoms with E-state index in [0.717, 1.165) is 15.0 Å². The maximum Gasteiger partial charge on any atom is 0.244 e. The standard InChI is InChI=1S/C15H14ClNO3S2/c16-15-11-3-1-2-4-12(11)21-13(15)5-6-14(18)17-10-7-8-22(19,20)9-10/h1-6,10H,7-9H2,(H,17,18). The number of amides is 1. The molecule has 0 saturated carbocycles. The number of fused-ring (bicyclic) bond motifs is 1. The Morgan fingerprint density at radius 3 is 2.82 bits per heavy atom. The van der Waals surface area contributed by atoms with Crippen LogP contribution >= 0.6 is 22.9 Å². The van der Waals surface area contributed by atoms with Crippen molar-refractivity contribution in [3.63, 3.8) is 0 Å². The first-order chi connectivity index (χ1) is 10.4. The van der Waals surface area contributed by atoms with Crippen LogP contribution in [0, 0.1) is 0 Å². The zero-order valence-corrected chi connectivity index (χ0v) is 14.0. The molecule has 1 N–H and O–H groups in total. The largest absolute Gasteiger partial charge is 0.349 e. The quantitative estimate of drug-likeness (QED) is 0.861. The Morgan fingerprint density at radius 1 is 1.36 bits per heavy atom. The first-order valence-corrected chi connectivity index (χ1v) is 9.82. The topological polar surface area (TPSA) is 63.2 Å². The van der Waals surface area contributed by atoms with Gasteiger partial charge in [0.25, 0.3) is 0 Å². The molecule has 0 spiro atoms. The van der Waals surface area contributed by atoms with Crippen molar-refractivity contribution in [3.8, 4) is 0 Å². The lowest BCUT2D eigenvalue weighted by molar-refractivity contribution is -0.116. The highest BCUT2D eigenvalue weighted by Crippen LogP contribution is 2.35. The van der Waals surface area contributed by atoms with Gasteiger partial charge in [-0.05, 0) is 18.6 Å². The molecule has 3 rings (SSSR count). The molecule has 1 aliphatic rings. The molecule has 0 aliphatic carbocycles. The molecule has 1 aromatic carbocycles. The smallest absolute Gasteiger partial charge is 0.244 e. The number of rotatable bonds is 3. The van der Waals surface area contributed by atoms with Gasteiger partial charge < -0.3 is 5.32 Å². The molecule has 2 aromatic rings. The molecule has 1 amide bonds. The minimum Gasteiger partial charge on any atom is -0.349 e. The van der Waals surface area contributed by atoms with Crippen molar-refractivity contribution in [2.45, 2.75) is 12.5 Å². The summed E-state index contributed by atoms with van der Waals surface area (Å²) < 4.78 is 23.8. The van der Waals surface area contributed by atoms with Gasteiger partial charge in [0.2, 0.25) is 5.91 Å². The van der Waals surface area contributed by atoms with Crippen LogP contribution in [0.2, 0.25) is 5.02 Å². The van der Waals surface area contributed by atoms with E-state index in [1.54, 1.807) is 6.08 Å². The molecule has 1 fully saturated rings. The maximum atomic E-state index is 11.9. The van der Waals surface area contributed by atoms with Crippen molar-refractivity contribution in [1.29, 1.82) is 0 Å². The average Bonchev–Trinajstić information content (AvgIpc) is 2.97. The van der Waals surface area contributed by atoms with Gasteiger partial charge in [0.1, 0.15) is 0 Å². The monoisotopic (exact) mass is 355 g/mol. The predicted molar refractivity (Wildman–Crippen MR) is 91.1 cm³/mol. The maximum absolute atomic E-state index is 11.9. The average molecular weight is 356 g/mol. The second kappa shape index (κ2) is 6.02. The first kappa shape index (κ1) is 15.5. The van der Waals surface area contributed by atoms with Gasteiger partial charge in [0.05, 0.1) is 16.5 Å². The Labute approximate surface area is 137 Å². The van der Waals surface area contributed by atoms with Gasteiger partial charge in [-0.1, -0.05) is 29.8 Å². The Morgan fingerprint density at radius 2 is 2.14 bits per heavy atom. The number of hydrogen-bond donors (Lipinski definition) is 1. The lowest BCUT2D eigenvalue weighted by Crippen LogP contribution is -2.34. The van der Waals surface area contributed by atoms with Gasteiger partial charge >= 0.3 is 0 Å². The summed E-state index contributed by atoms with van der Waals surface area (Å²) in [4.78, 5) is 12.7. The van der Waals surface area contributed by atoms with Crippen LogP contribution in [0.5, 0.6) is 0 Å². The van der Waals surface area contributed by atoms with E-state index in [2.05, 4.69) is 5.32 Å². The molecular weight excluding hydrogens is 342 g/mol. The summed E-state index contributed by atoms with van der Waals surface area (Å²) in [5, 5.41) is 4.32. The number of hydrogen-bond acceptors (Lipinski definition) is 4. The SMILES string of the molecule is O=C(C=Cc1sc2ccccc2c1Cl)NC1CCS(=O)(=O)C1. The highest BCUT2D eigenvalue weighted by atomic mass is 35.5. The molecule has 0 bridgehead atoms. The van der Waals surface area contributed by atoms with E-state index in [1.807, 2.05) is 24.3 Å². The minimum atomic E-state index is -2.99. The van der Waals surface area contributed by atoms with E-state index in [-0.39, 0.29) is 23.5 Å². The summed E-state index contributed by atoms with van der Waals surface area (Å²) in [6.07, 6.45) is 3.55. The van der Waals surface area contributed by atoms with Crippen molar-refractivity contribution >= 4 is 54.8 Å². The van der Waals surface area contributed by atoms with Crippen molar-refractivity contribution < 1.29 is 13.2 Å². The van der Waals surface area contributed by atoms with Crippen LogP contribution in [0.25, 0.3) is 16.2 Å². The number of benzene rings is 1. The molecule has 4 nitrogen and oxygen atoms in total. The third-order valence-electron chi connectivity index (χ3n) is 3.52. The molecular formula is C15H14ClNO3S2. The van der Waals surface area contributed by atoms with Gasteiger partial charge in [-0.2, -0.15) is 0 Å². The van der Waals surface area contributed by atoms with Crippen LogP contribution in [0.4, 0.5) is 0 Å². The van der Waals surface area contributed by atoms with Gasteiger partial charge in [0, 0.05) is 27.1 Å². The summed E-state index contributed by atoms with van der Waals surface area (Å²) in [7, 11) is -2.99. The van der Waals surface area contributed by atoms with Crippen LogP contribution in [0.1, 0.15) is 11.3 Å². The molecule has 22 heavy (non-hydrogen) atoms. The number of nitrogens with one attached hydrogen (secondary N) is 1. The van der Waals surface area contributed by atoms with Gasteiger partial charge in [-0.15, -0.1) is 11.3 Å². The summed E-state index contributed by atoms with van der Waals surface area (Å²) >= 11 is 7.81. The van der Waals surface area contributed by atoms with Gasteiger partial charge in [-0.25, -0.2) is 8.42 Å². The van der Waals surface area contributed by atoms with E-state index >= 15 is 0 Å². The zero-order valence-electron chi connectivity index (χ0n) is 11.6. The Kier molecular flexibility index (Phi) is 4.25. The third kappa shape index (κ3) is 3.34. The van der Waals surface area contributed by atoms with E-state index in [9.17, 15) is 13.2 Å². The van der Waals surface area contributed by atoms with Crippen molar-refractivity contribution in [3.05, 3.63) is 40.2 Å². The lowest BCUT2D eigenvalue weighted by atomic mass is 10.2. The van der Waals surface area contributed by atoms with E-state index < -0.39 is 9.84 Å². The fourth-order valence-corrected chi connectivity index (χ4v) is 5.52. The van der Waals surface area contributed by atoms with Crippen molar-refractivity contribution in [1.82, 2.24) is 5.32 Å². The van der Waals surface area contributed by atoms with Crippen LogP contribution in [0.15, 0.2) is 30.3 Å². The molecule has 2 heterocycles. The third-order valence-corrected chi connectivity index (χ3v) is 6.95. The second-order valence-corrected chi connectivity index (χ2v) is 8.91. The Hall–Kier alpha value is -1.37. The number of carbonyl (C=O) groups excluding carboxylic acids is 1. The number of sulfone groups is 1. The lowest BCUT2D eigenvalue weighted by Gasteiger charge is -2.07. The fourth-order valence-electron chi connectivity index (χ4n) is 2.45. The van der Waals surface area contributed by atoms with E-state index in [0.29, 0.717) is 11.4 Å². The molecule has 1 aromatic heterocycles. The van der Waals surface area contributed by atoms with E-state index in [4.69, 9.17) is 11.6 Å². The predicted octanol–water partition coefficient (Wildman–Crippen LogP) is 2.87. The first-order valence-electron chi connectivity index (χ1n) is 6.81. The number of carbonyl (C=O) groups is 1. The molecule has 1 unspecified atom stereocenters. The molecule has 116 valence electrons. The van der Waals surface area contributed by atoms with E-state index in [1.165, 1.54) is 17.4 Å². The summed E-state index contributed by atoms with van der Waals surface area (Å²) in [6, 6.07) is 7.49. The van der Waals surface area contributed by atoms with Crippen LogP contribution in [-0.2, 0) is 14.6 Å². The Bertz CT molecular complexity index is 855. The molecule has 7 heteroatoms. The van der Waals surface area contributed by atoms with Crippen LogP contribution < -0.4 is 5.32 Å². The molecule has 1 saturated heterocycles.